The minimum absolute atomic E-state index is 0.0640. The van der Waals surface area contributed by atoms with Crippen molar-refractivity contribution in [3.05, 3.63) is 85.0 Å². The number of furan rings is 1. The smallest absolute Gasteiger partial charge is 0.288 e. The molecule has 3 rings (SSSR count). The van der Waals surface area contributed by atoms with Crippen LogP contribution in [0.25, 0.3) is 23.0 Å². The molecule has 0 bridgehead atoms. The van der Waals surface area contributed by atoms with Gasteiger partial charge in [-0.1, -0.05) is 53.0 Å². The zero-order valence-electron chi connectivity index (χ0n) is 13.4. The van der Waals surface area contributed by atoms with Crippen molar-refractivity contribution < 1.29 is 9.34 Å². The molecule has 0 radical (unpaired) electrons. The Balaban J connectivity index is 2.03. The fourth-order valence-corrected chi connectivity index (χ4v) is 3.22. The molecule has 134 valence electrons. The summed E-state index contributed by atoms with van der Waals surface area (Å²) in [6.07, 6.45) is 1.53. The van der Waals surface area contributed by atoms with E-state index in [9.17, 15) is 15.4 Å². The van der Waals surface area contributed by atoms with E-state index in [-0.39, 0.29) is 15.7 Å². The number of hydrogen-bond acceptors (Lipinski definition) is 4. The average molecular weight is 420 g/mol. The summed E-state index contributed by atoms with van der Waals surface area (Å²) in [5.74, 6) is 0.678. The quantitative estimate of drug-likeness (QED) is 0.262. The van der Waals surface area contributed by atoms with Crippen LogP contribution < -0.4 is 0 Å². The van der Waals surface area contributed by atoms with Crippen LogP contribution in [0.4, 0.5) is 5.69 Å². The molecule has 0 N–H and O–H groups in total. The van der Waals surface area contributed by atoms with Gasteiger partial charge in [0.15, 0.2) is 0 Å². The molecule has 0 atom stereocenters. The van der Waals surface area contributed by atoms with Crippen LogP contribution in [-0.4, -0.2) is 4.92 Å². The molecule has 0 aliphatic carbocycles. The molecule has 1 heterocycles. The predicted molar refractivity (Wildman–Crippen MR) is 106 cm³/mol. The number of halogens is 3. The fourth-order valence-electron chi connectivity index (χ4n) is 2.43. The SMILES string of the molecule is N#CC(=Cc1ccc(-c2cc([N+](=O)[O-])c(Cl)cc2Cl)o1)c1ccccc1Cl. The lowest BCUT2D eigenvalue weighted by Gasteiger charge is -2.03. The molecule has 8 heteroatoms. The highest BCUT2D eigenvalue weighted by Gasteiger charge is 2.19. The molecule has 0 amide bonds. The Bertz CT molecular complexity index is 1110. The number of allylic oxidation sites excluding steroid dienone is 1. The van der Waals surface area contributed by atoms with Gasteiger partial charge in [-0.15, -0.1) is 0 Å². The van der Waals surface area contributed by atoms with Gasteiger partial charge in [0.1, 0.15) is 16.5 Å². The summed E-state index contributed by atoms with van der Waals surface area (Å²) < 4.78 is 5.70. The Hall–Kier alpha value is -2.78. The molecule has 0 aliphatic rings. The van der Waals surface area contributed by atoms with Crippen molar-refractivity contribution in [1.82, 2.24) is 0 Å². The summed E-state index contributed by atoms with van der Waals surface area (Å²) >= 11 is 18.1. The number of hydrogen-bond donors (Lipinski definition) is 0. The lowest BCUT2D eigenvalue weighted by atomic mass is 10.1. The maximum atomic E-state index is 11.1. The van der Waals surface area contributed by atoms with E-state index in [1.807, 2.05) is 0 Å². The van der Waals surface area contributed by atoms with E-state index in [1.165, 1.54) is 18.2 Å². The van der Waals surface area contributed by atoms with Gasteiger partial charge in [0.25, 0.3) is 5.69 Å². The molecule has 0 saturated heterocycles. The van der Waals surface area contributed by atoms with E-state index in [0.29, 0.717) is 33.2 Å². The predicted octanol–water partition coefficient (Wildman–Crippen LogP) is 6.88. The number of rotatable bonds is 4. The third-order valence-corrected chi connectivity index (χ3v) is 4.64. The summed E-state index contributed by atoms with van der Waals surface area (Å²) in [6.45, 7) is 0. The van der Waals surface area contributed by atoms with Crippen molar-refractivity contribution in [2.24, 2.45) is 0 Å². The molecule has 0 aliphatic heterocycles. The Morgan fingerprint density at radius 1 is 1.07 bits per heavy atom. The topological polar surface area (TPSA) is 80.1 Å². The molecule has 2 aromatic carbocycles. The zero-order chi connectivity index (χ0) is 19.6. The lowest BCUT2D eigenvalue weighted by Crippen LogP contribution is -1.90. The highest BCUT2D eigenvalue weighted by atomic mass is 35.5. The van der Waals surface area contributed by atoms with Gasteiger partial charge in [-0.2, -0.15) is 5.26 Å². The third kappa shape index (κ3) is 3.99. The first kappa shape index (κ1) is 19.0. The van der Waals surface area contributed by atoms with E-state index in [0.717, 1.165) is 0 Å². The molecule has 3 aromatic rings. The van der Waals surface area contributed by atoms with Crippen LogP contribution in [0, 0.1) is 21.4 Å². The number of nitrogens with zero attached hydrogens (tertiary/aromatic N) is 2. The molecule has 0 spiro atoms. The summed E-state index contributed by atoms with van der Waals surface area (Å²) in [6, 6.07) is 14.8. The number of benzene rings is 2. The fraction of sp³-hybridized carbons (Fsp3) is 0. The Morgan fingerprint density at radius 2 is 1.81 bits per heavy atom. The Kier molecular flexibility index (Phi) is 5.52. The van der Waals surface area contributed by atoms with E-state index in [4.69, 9.17) is 39.2 Å². The first-order valence-electron chi connectivity index (χ1n) is 7.51. The van der Waals surface area contributed by atoms with Crippen molar-refractivity contribution >= 4 is 52.1 Å². The van der Waals surface area contributed by atoms with Crippen molar-refractivity contribution in [2.45, 2.75) is 0 Å². The molecular formula is C19H9Cl3N2O3. The van der Waals surface area contributed by atoms with Crippen molar-refractivity contribution in [1.29, 1.82) is 5.26 Å². The number of nitro groups is 1. The van der Waals surface area contributed by atoms with Crippen LogP contribution in [-0.2, 0) is 0 Å². The molecule has 5 nitrogen and oxygen atoms in total. The van der Waals surface area contributed by atoms with Gasteiger partial charge >= 0.3 is 0 Å². The van der Waals surface area contributed by atoms with Gasteiger partial charge < -0.3 is 4.42 Å². The minimum Gasteiger partial charge on any atom is -0.457 e. The molecule has 0 fully saturated rings. The van der Waals surface area contributed by atoms with Gasteiger partial charge in [-0.25, -0.2) is 0 Å². The summed E-state index contributed by atoms with van der Waals surface area (Å²) in [4.78, 5) is 10.5. The number of nitro benzene ring substituents is 1. The first-order valence-corrected chi connectivity index (χ1v) is 8.64. The van der Waals surface area contributed by atoms with Crippen LogP contribution in [0.1, 0.15) is 11.3 Å². The summed E-state index contributed by atoms with van der Waals surface area (Å²) in [5.41, 5.74) is 0.927. The molecular weight excluding hydrogens is 411 g/mol. The Labute approximate surface area is 169 Å². The van der Waals surface area contributed by atoms with Crippen LogP contribution in [0.2, 0.25) is 15.1 Å². The second kappa shape index (κ2) is 7.85. The first-order chi connectivity index (χ1) is 12.9. The van der Waals surface area contributed by atoms with E-state index >= 15 is 0 Å². The second-order valence-corrected chi connectivity index (χ2v) is 6.61. The van der Waals surface area contributed by atoms with E-state index < -0.39 is 4.92 Å². The van der Waals surface area contributed by atoms with Gasteiger partial charge in [-0.05, 0) is 30.3 Å². The largest absolute Gasteiger partial charge is 0.457 e. The lowest BCUT2D eigenvalue weighted by molar-refractivity contribution is -0.384. The Morgan fingerprint density at radius 3 is 2.48 bits per heavy atom. The second-order valence-electron chi connectivity index (χ2n) is 5.39. The molecule has 0 unspecified atom stereocenters. The van der Waals surface area contributed by atoms with Crippen molar-refractivity contribution in [3.8, 4) is 17.4 Å². The maximum Gasteiger partial charge on any atom is 0.288 e. The minimum atomic E-state index is -0.600. The molecule has 0 saturated carbocycles. The van der Waals surface area contributed by atoms with Gasteiger partial charge in [0, 0.05) is 22.2 Å². The standard InChI is InChI=1S/C19H9Cl3N2O3/c20-15-4-2-1-3-13(15)11(10-23)7-12-5-6-19(27-12)14-8-18(24(25)26)17(22)9-16(14)21/h1-9H. The highest BCUT2D eigenvalue weighted by Crippen LogP contribution is 2.37. The van der Waals surface area contributed by atoms with Crippen LogP contribution >= 0.6 is 34.8 Å². The molecule has 27 heavy (non-hydrogen) atoms. The third-order valence-electron chi connectivity index (χ3n) is 3.70. The van der Waals surface area contributed by atoms with Crippen LogP contribution in [0.15, 0.2) is 52.9 Å². The van der Waals surface area contributed by atoms with Crippen LogP contribution in [0.3, 0.4) is 0 Å². The van der Waals surface area contributed by atoms with Crippen molar-refractivity contribution in [2.75, 3.05) is 0 Å². The normalized spacial score (nSPS) is 11.3. The summed E-state index contributed by atoms with van der Waals surface area (Å²) in [7, 11) is 0. The number of nitriles is 1. The average Bonchev–Trinajstić information content (AvgIpc) is 3.08. The molecule has 1 aromatic heterocycles. The van der Waals surface area contributed by atoms with Gasteiger partial charge in [-0.3, -0.25) is 10.1 Å². The summed E-state index contributed by atoms with van der Waals surface area (Å²) in [5, 5.41) is 21.1. The van der Waals surface area contributed by atoms with Gasteiger partial charge in [0.05, 0.1) is 21.6 Å². The maximum absolute atomic E-state index is 11.1. The highest BCUT2D eigenvalue weighted by molar-refractivity contribution is 6.37. The van der Waals surface area contributed by atoms with E-state index in [2.05, 4.69) is 6.07 Å². The van der Waals surface area contributed by atoms with Crippen molar-refractivity contribution in [3.63, 3.8) is 0 Å². The monoisotopic (exact) mass is 418 g/mol. The zero-order valence-corrected chi connectivity index (χ0v) is 15.7. The van der Waals surface area contributed by atoms with Gasteiger partial charge in [0.2, 0.25) is 0 Å². The van der Waals surface area contributed by atoms with E-state index in [1.54, 1.807) is 36.4 Å². The van der Waals surface area contributed by atoms with Crippen LogP contribution in [0.5, 0.6) is 0 Å².